The number of unbranched alkanes of at least 4 members (excludes halogenated alkanes) is 1. The van der Waals surface area contributed by atoms with Crippen LogP contribution >= 0.6 is 0 Å². The molecule has 1 unspecified atom stereocenters. The zero-order valence-electron chi connectivity index (χ0n) is 11.1. The Labute approximate surface area is 103 Å². The Bertz CT molecular complexity index is 343. The van der Waals surface area contributed by atoms with Gasteiger partial charge in [-0.25, -0.2) is 9.97 Å². The van der Waals surface area contributed by atoms with Gasteiger partial charge in [0.25, 0.3) is 0 Å². The summed E-state index contributed by atoms with van der Waals surface area (Å²) in [4.78, 5) is 8.33. The van der Waals surface area contributed by atoms with Crippen LogP contribution in [0.25, 0.3) is 0 Å². The van der Waals surface area contributed by atoms with Crippen molar-refractivity contribution in [2.75, 3.05) is 24.8 Å². The fourth-order valence-electron chi connectivity index (χ4n) is 1.66. The molecule has 5 heteroatoms. The van der Waals surface area contributed by atoms with E-state index in [0.29, 0.717) is 17.6 Å². The van der Waals surface area contributed by atoms with Crippen LogP contribution in [-0.2, 0) is 0 Å². The van der Waals surface area contributed by atoms with Crippen LogP contribution < -0.4 is 15.4 Å². The molecule has 1 aromatic heterocycles. The van der Waals surface area contributed by atoms with Gasteiger partial charge in [0.1, 0.15) is 6.33 Å². The van der Waals surface area contributed by atoms with Crippen molar-refractivity contribution in [2.24, 2.45) is 0 Å². The highest BCUT2D eigenvalue weighted by molar-refractivity contribution is 5.63. The number of ether oxygens (including phenoxy) is 1. The molecule has 0 aromatic carbocycles. The molecule has 1 aromatic rings. The minimum atomic E-state index is 0.378. The molecule has 5 nitrogen and oxygen atoms in total. The van der Waals surface area contributed by atoms with Crippen LogP contribution in [0.15, 0.2) is 6.33 Å². The maximum atomic E-state index is 5.32. The molecule has 1 atom stereocenters. The van der Waals surface area contributed by atoms with Gasteiger partial charge in [0.05, 0.1) is 7.11 Å². The first-order valence-electron chi connectivity index (χ1n) is 6.06. The van der Waals surface area contributed by atoms with Crippen molar-refractivity contribution in [1.29, 1.82) is 0 Å². The summed E-state index contributed by atoms with van der Waals surface area (Å²) in [5.74, 6) is 2.11. The van der Waals surface area contributed by atoms with E-state index in [2.05, 4.69) is 34.4 Å². The molecule has 0 aliphatic heterocycles. The third-order valence-electron chi connectivity index (χ3n) is 2.62. The number of hydrogen-bond donors (Lipinski definition) is 2. The quantitative estimate of drug-likeness (QED) is 0.764. The van der Waals surface area contributed by atoms with Gasteiger partial charge >= 0.3 is 0 Å². The molecule has 17 heavy (non-hydrogen) atoms. The van der Waals surface area contributed by atoms with Gasteiger partial charge in [-0.05, 0) is 13.3 Å². The highest BCUT2D eigenvalue weighted by atomic mass is 16.5. The minimum Gasteiger partial charge on any atom is -0.490 e. The first kappa shape index (κ1) is 13.5. The van der Waals surface area contributed by atoms with E-state index in [1.165, 1.54) is 19.2 Å². The lowest BCUT2D eigenvalue weighted by molar-refractivity contribution is 0.414. The first-order valence-corrected chi connectivity index (χ1v) is 6.06. The summed E-state index contributed by atoms with van der Waals surface area (Å²) < 4.78 is 5.32. The first-order chi connectivity index (χ1) is 8.22. The van der Waals surface area contributed by atoms with Crippen molar-refractivity contribution < 1.29 is 4.74 Å². The van der Waals surface area contributed by atoms with Crippen LogP contribution in [0, 0.1) is 0 Å². The van der Waals surface area contributed by atoms with Gasteiger partial charge < -0.3 is 15.4 Å². The topological polar surface area (TPSA) is 59.1 Å². The van der Waals surface area contributed by atoms with E-state index in [1.54, 1.807) is 7.11 Å². The van der Waals surface area contributed by atoms with Gasteiger partial charge in [0.15, 0.2) is 11.6 Å². The molecule has 0 amide bonds. The van der Waals surface area contributed by atoms with Crippen LogP contribution in [0.1, 0.15) is 33.1 Å². The number of hydrogen-bond acceptors (Lipinski definition) is 5. The zero-order chi connectivity index (χ0) is 12.7. The predicted octanol–water partition coefficient (Wildman–Crippen LogP) is 2.52. The summed E-state index contributed by atoms with van der Waals surface area (Å²) in [7, 11) is 3.44. The van der Waals surface area contributed by atoms with E-state index in [4.69, 9.17) is 4.74 Å². The molecule has 0 saturated heterocycles. The van der Waals surface area contributed by atoms with E-state index in [-0.39, 0.29) is 0 Å². The normalized spacial score (nSPS) is 12.0. The lowest BCUT2D eigenvalue weighted by Gasteiger charge is -2.17. The van der Waals surface area contributed by atoms with Gasteiger partial charge in [-0.1, -0.05) is 19.8 Å². The van der Waals surface area contributed by atoms with Gasteiger partial charge in [0.2, 0.25) is 5.75 Å². The number of methoxy groups -OCH3 is 1. The van der Waals surface area contributed by atoms with Crippen molar-refractivity contribution in [3.05, 3.63) is 6.33 Å². The van der Waals surface area contributed by atoms with Crippen molar-refractivity contribution in [3.8, 4) is 5.75 Å². The van der Waals surface area contributed by atoms with E-state index >= 15 is 0 Å². The van der Waals surface area contributed by atoms with Crippen LogP contribution in [0.4, 0.5) is 11.6 Å². The van der Waals surface area contributed by atoms with E-state index < -0.39 is 0 Å². The summed E-state index contributed by atoms with van der Waals surface area (Å²) in [5.41, 5.74) is 0. The Kier molecular flexibility index (Phi) is 5.52. The van der Waals surface area contributed by atoms with Gasteiger partial charge in [-0.2, -0.15) is 0 Å². The minimum absolute atomic E-state index is 0.378. The Morgan fingerprint density at radius 3 is 2.65 bits per heavy atom. The van der Waals surface area contributed by atoms with Crippen LogP contribution in [0.3, 0.4) is 0 Å². The Hall–Kier alpha value is -1.52. The predicted molar refractivity (Wildman–Crippen MR) is 70.7 cm³/mol. The van der Waals surface area contributed by atoms with Crippen LogP contribution in [0.5, 0.6) is 5.75 Å². The van der Waals surface area contributed by atoms with Gasteiger partial charge in [-0.3, -0.25) is 0 Å². The molecule has 1 rings (SSSR count). The third kappa shape index (κ3) is 3.76. The summed E-state index contributed by atoms with van der Waals surface area (Å²) in [6.45, 7) is 4.34. The highest BCUT2D eigenvalue weighted by Gasteiger charge is 2.12. The number of rotatable bonds is 7. The van der Waals surface area contributed by atoms with Crippen LogP contribution in [0.2, 0.25) is 0 Å². The van der Waals surface area contributed by atoms with Gasteiger partial charge in [-0.15, -0.1) is 0 Å². The molecule has 0 radical (unpaired) electrons. The molecule has 96 valence electrons. The summed E-state index contributed by atoms with van der Waals surface area (Å²) in [6, 6.07) is 0.378. The Morgan fingerprint density at radius 2 is 2.06 bits per heavy atom. The molecule has 2 N–H and O–H groups in total. The molecular weight excluding hydrogens is 216 g/mol. The molecule has 0 bridgehead atoms. The van der Waals surface area contributed by atoms with E-state index in [0.717, 1.165) is 12.2 Å². The molecule has 0 spiro atoms. The smallest absolute Gasteiger partial charge is 0.204 e. The van der Waals surface area contributed by atoms with Crippen molar-refractivity contribution in [1.82, 2.24) is 9.97 Å². The SMILES string of the molecule is CCCCC(C)Nc1ncnc(NC)c1OC. The standard InChI is InChI=1S/C12H22N4O/c1-5-6-7-9(2)16-12-10(17-4)11(13-3)14-8-15-12/h8-9H,5-7H2,1-4H3,(H2,13,14,15,16). The number of nitrogens with one attached hydrogen (secondary N) is 2. The molecule has 1 heterocycles. The molecule has 0 fully saturated rings. The number of anilines is 2. The lowest BCUT2D eigenvalue weighted by atomic mass is 10.1. The fourth-order valence-corrected chi connectivity index (χ4v) is 1.66. The fraction of sp³-hybridized carbons (Fsp3) is 0.667. The highest BCUT2D eigenvalue weighted by Crippen LogP contribution is 2.29. The molecule has 0 aliphatic carbocycles. The Morgan fingerprint density at radius 1 is 1.35 bits per heavy atom. The summed E-state index contributed by atoms with van der Waals surface area (Å²) in [5, 5.41) is 6.34. The average Bonchev–Trinajstić information content (AvgIpc) is 2.35. The second-order valence-corrected chi connectivity index (χ2v) is 4.04. The summed E-state index contributed by atoms with van der Waals surface area (Å²) >= 11 is 0. The van der Waals surface area contributed by atoms with E-state index in [1.807, 2.05) is 7.05 Å². The van der Waals surface area contributed by atoms with Gasteiger partial charge in [0, 0.05) is 13.1 Å². The third-order valence-corrected chi connectivity index (χ3v) is 2.62. The summed E-state index contributed by atoms with van der Waals surface area (Å²) in [6.07, 6.45) is 5.07. The maximum Gasteiger partial charge on any atom is 0.204 e. The Balaban J connectivity index is 2.75. The second kappa shape index (κ2) is 6.93. The molecule has 0 saturated carbocycles. The molecule has 0 aliphatic rings. The average molecular weight is 238 g/mol. The maximum absolute atomic E-state index is 5.32. The number of aromatic nitrogens is 2. The largest absolute Gasteiger partial charge is 0.490 e. The van der Waals surface area contributed by atoms with Crippen LogP contribution in [-0.4, -0.2) is 30.2 Å². The number of nitrogens with zero attached hydrogens (tertiary/aromatic N) is 2. The molecular formula is C12H22N4O. The van der Waals surface area contributed by atoms with Crippen molar-refractivity contribution in [3.63, 3.8) is 0 Å². The monoisotopic (exact) mass is 238 g/mol. The lowest BCUT2D eigenvalue weighted by Crippen LogP contribution is -2.17. The van der Waals surface area contributed by atoms with Crippen molar-refractivity contribution >= 4 is 11.6 Å². The van der Waals surface area contributed by atoms with E-state index in [9.17, 15) is 0 Å². The van der Waals surface area contributed by atoms with Crippen molar-refractivity contribution in [2.45, 2.75) is 39.2 Å². The zero-order valence-corrected chi connectivity index (χ0v) is 11.1. The second-order valence-electron chi connectivity index (χ2n) is 4.04.